The lowest BCUT2D eigenvalue weighted by Gasteiger charge is -2.11. The van der Waals surface area contributed by atoms with Gasteiger partial charge in [0, 0.05) is 5.02 Å². The van der Waals surface area contributed by atoms with Gasteiger partial charge in [0.1, 0.15) is 18.5 Å². The van der Waals surface area contributed by atoms with Crippen molar-refractivity contribution in [2.24, 2.45) is 0 Å². The zero-order valence-corrected chi connectivity index (χ0v) is 11.1. The molecule has 0 aliphatic rings. The molecular formula is C9H14ClNO6S. The highest BCUT2D eigenvalue weighted by Gasteiger charge is 2.03. The van der Waals surface area contributed by atoms with Crippen molar-refractivity contribution >= 4 is 22.0 Å². The molecule has 0 aromatic heterocycles. The van der Waals surface area contributed by atoms with Gasteiger partial charge >= 0.3 is 0 Å². The standard InChI is InChI=1S/C9H13ClNO2.H2O4S/c1-7(6-12-11)13-9-4-2-8(10)3-5-9;1-5(2,3)4/h2-5,7H,6H2,1,11H3;(H2,1,2,3,4)/q+1;/p-1. The van der Waals surface area contributed by atoms with E-state index in [9.17, 15) is 0 Å². The van der Waals surface area contributed by atoms with E-state index in [4.69, 9.17) is 38.7 Å². The van der Waals surface area contributed by atoms with Crippen molar-refractivity contribution in [3.05, 3.63) is 29.3 Å². The van der Waals surface area contributed by atoms with Gasteiger partial charge in [-0.15, -0.1) is 0 Å². The molecule has 0 bridgehead atoms. The molecular weight excluding hydrogens is 286 g/mol. The molecule has 1 rings (SSSR count). The minimum absolute atomic E-state index is 0.00123. The molecule has 1 unspecified atom stereocenters. The normalized spacial score (nSPS) is 12.3. The molecule has 9 heteroatoms. The van der Waals surface area contributed by atoms with Gasteiger partial charge in [-0.1, -0.05) is 11.6 Å². The average molecular weight is 300 g/mol. The van der Waals surface area contributed by atoms with Crippen molar-refractivity contribution in [1.82, 2.24) is 0 Å². The monoisotopic (exact) mass is 299 g/mol. The predicted octanol–water partition coefficient (Wildman–Crippen LogP) is 0.285. The topological polar surface area (TPSA) is 124 Å². The Morgan fingerprint density at radius 2 is 1.89 bits per heavy atom. The summed E-state index contributed by atoms with van der Waals surface area (Å²) < 4.78 is 38.3. The van der Waals surface area contributed by atoms with E-state index in [2.05, 4.69) is 5.90 Å². The lowest BCUT2D eigenvalue weighted by Crippen LogP contribution is -2.51. The highest BCUT2D eigenvalue weighted by Crippen LogP contribution is 2.16. The summed E-state index contributed by atoms with van der Waals surface area (Å²) in [6.07, 6.45) is -0.00123. The van der Waals surface area contributed by atoms with E-state index in [1.165, 1.54) is 0 Å². The highest BCUT2D eigenvalue weighted by molar-refractivity contribution is 7.79. The summed E-state index contributed by atoms with van der Waals surface area (Å²) in [4.78, 5) is 4.70. The van der Waals surface area contributed by atoms with Crippen molar-refractivity contribution < 1.29 is 33.0 Å². The van der Waals surface area contributed by atoms with Crippen LogP contribution in [0.3, 0.4) is 0 Å². The summed E-state index contributed by atoms with van der Waals surface area (Å²) in [5.74, 6) is 4.07. The third-order valence-corrected chi connectivity index (χ3v) is 1.76. The first-order chi connectivity index (χ1) is 8.22. The van der Waals surface area contributed by atoms with E-state index >= 15 is 0 Å². The Balaban J connectivity index is 0.000000494. The molecule has 4 N–H and O–H groups in total. The number of hydrogen-bond acceptors (Lipinski definition) is 5. The first kappa shape index (κ1) is 17.1. The van der Waals surface area contributed by atoms with E-state index < -0.39 is 10.4 Å². The van der Waals surface area contributed by atoms with Crippen molar-refractivity contribution in [2.75, 3.05) is 6.61 Å². The van der Waals surface area contributed by atoms with Crippen LogP contribution in [0.25, 0.3) is 0 Å². The largest absolute Gasteiger partial charge is 0.726 e. The number of hydrogen-bond donors (Lipinski definition) is 2. The smallest absolute Gasteiger partial charge is 0.215 e. The number of rotatable bonds is 4. The molecule has 0 fully saturated rings. The first-order valence-corrected chi connectivity index (χ1v) is 6.44. The van der Waals surface area contributed by atoms with Crippen molar-refractivity contribution in [1.29, 1.82) is 0 Å². The Labute approximate surface area is 110 Å². The van der Waals surface area contributed by atoms with Crippen LogP contribution >= 0.6 is 11.6 Å². The van der Waals surface area contributed by atoms with Gasteiger partial charge in [-0.3, -0.25) is 4.55 Å². The van der Waals surface area contributed by atoms with Gasteiger partial charge in [-0.25, -0.2) is 19.2 Å². The predicted molar refractivity (Wildman–Crippen MR) is 62.7 cm³/mol. The van der Waals surface area contributed by atoms with Crippen LogP contribution in [0.2, 0.25) is 5.02 Å². The summed E-state index contributed by atoms with van der Waals surface area (Å²) in [5, 5.41) is 0.702. The van der Waals surface area contributed by atoms with Crippen molar-refractivity contribution in [3.63, 3.8) is 0 Å². The Kier molecular flexibility index (Phi) is 7.83. The summed E-state index contributed by atoms with van der Waals surface area (Å²) >= 11 is 5.72. The average Bonchev–Trinajstić information content (AvgIpc) is 2.19. The Morgan fingerprint density at radius 3 is 2.28 bits per heavy atom. The number of ether oxygens (including phenoxy) is 1. The van der Waals surface area contributed by atoms with Gasteiger partial charge in [0.25, 0.3) is 0 Å². The molecule has 1 atom stereocenters. The minimum atomic E-state index is -4.92. The second-order valence-electron chi connectivity index (χ2n) is 3.18. The summed E-state index contributed by atoms with van der Waals surface area (Å²) in [6, 6.07) is 7.22. The molecule has 18 heavy (non-hydrogen) atoms. The van der Waals surface area contributed by atoms with E-state index in [-0.39, 0.29) is 6.10 Å². The molecule has 0 aliphatic heterocycles. The van der Waals surface area contributed by atoms with Crippen LogP contribution in [-0.4, -0.2) is 30.2 Å². The third kappa shape index (κ3) is 11.6. The van der Waals surface area contributed by atoms with Crippen LogP contribution in [0.4, 0.5) is 0 Å². The fraction of sp³-hybridized carbons (Fsp3) is 0.333. The zero-order valence-electron chi connectivity index (χ0n) is 9.58. The van der Waals surface area contributed by atoms with Crippen LogP contribution in [0.5, 0.6) is 5.75 Å². The molecule has 0 spiro atoms. The maximum Gasteiger partial charge on any atom is 0.215 e. The summed E-state index contributed by atoms with van der Waals surface area (Å²) in [6.45, 7) is 2.39. The quantitative estimate of drug-likeness (QED) is 0.468. The second kappa shape index (κ2) is 8.25. The fourth-order valence-corrected chi connectivity index (χ4v) is 1.07. The van der Waals surface area contributed by atoms with E-state index in [1.54, 1.807) is 12.1 Å². The van der Waals surface area contributed by atoms with Gasteiger partial charge < -0.3 is 9.29 Å². The number of halogens is 1. The first-order valence-electron chi connectivity index (χ1n) is 4.70. The molecule has 1 aromatic rings. The summed E-state index contributed by atoms with van der Waals surface area (Å²) in [7, 11) is -4.92. The zero-order chi connectivity index (χ0) is 14.2. The van der Waals surface area contributed by atoms with Crippen LogP contribution in [-0.2, 0) is 15.2 Å². The molecule has 0 saturated heterocycles. The molecule has 0 aliphatic carbocycles. The Morgan fingerprint density at radius 1 is 1.44 bits per heavy atom. The minimum Gasteiger partial charge on any atom is -0.726 e. The van der Waals surface area contributed by atoms with Crippen molar-refractivity contribution in [3.8, 4) is 5.75 Å². The number of benzene rings is 1. The molecule has 0 heterocycles. The highest BCUT2D eigenvalue weighted by atomic mass is 35.5. The van der Waals surface area contributed by atoms with E-state index in [0.29, 0.717) is 11.6 Å². The van der Waals surface area contributed by atoms with Gasteiger partial charge in [0.15, 0.2) is 0 Å². The molecule has 0 amide bonds. The maximum absolute atomic E-state index is 8.63. The van der Waals surface area contributed by atoms with Crippen LogP contribution in [0.15, 0.2) is 24.3 Å². The van der Waals surface area contributed by atoms with E-state index in [1.807, 2.05) is 19.1 Å². The maximum atomic E-state index is 8.63. The molecule has 0 radical (unpaired) electrons. The third-order valence-electron chi connectivity index (χ3n) is 1.50. The van der Waals surface area contributed by atoms with Gasteiger partial charge in [0.05, 0.1) is 0 Å². The van der Waals surface area contributed by atoms with Gasteiger partial charge in [-0.2, -0.15) is 0 Å². The van der Waals surface area contributed by atoms with Crippen LogP contribution < -0.4 is 10.6 Å². The fourth-order valence-electron chi connectivity index (χ4n) is 0.945. The van der Waals surface area contributed by atoms with Crippen LogP contribution in [0, 0.1) is 0 Å². The molecule has 7 nitrogen and oxygen atoms in total. The second-order valence-corrected chi connectivity index (χ2v) is 4.47. The molecule has 0 saturated carbocycles. The molecule has 104 valence electrons. The number of quaternary nitrogens is 1. The molecule has 1 aromatic carbocycles. The van der Waals surface area contributed by atoms with Gasteiger partial charge in [0.2, 0.25) is 10.4 Å². The van der Waals surface area contributed by atoms with Gasteiger partial charge in [-0.05, 0) is 31.2 Å². The summed E-state index contributed by atoms with van der Waals surface area (Å²) in [5.41, 5.74) is 0. The van der Waals surface area contributed by atoms with Crippen LogP contribution in [0.1, 0.15) is 6.92 Å². The Hall–Kier alpha value is -0.900. The lowest BCUT2D eigenvalue weighted by atomic mass is 10.3. The SMILES string of the molecule is CC(CO[NH3+])Oc1ccc(Cl)cc1.O=S(=O)([O-])O. The van der Waals surface area contributed by atoms with E-state index in [0.717, 1.165) is 5.75 Å². The van der Waals surface area contributed by atoms with Crippen molar-refractivity contribution in [2.45, 2.75) is 13.0 Å². The Bertz CT molecular complexity index is 427. The lowest BCUT2D eigenvalue weighted by molar-refractivity contribution is -0.691.